The van der Waals surface area contributed by atoms with Crippen LogP contribution in [0.2, 0.25) is 0 Å². The number of aryl methyl sites for hydroxylation is 1. The van der Waals surface area contributed by atoms with Crippen molar-refractivity contribution >= 4 is 5.95 Å². The van der Waals surface area contributed by atoms with Crippen molar-refractivity contribution in [3.05, 3.63) is 59.9 Å². The third-order valence-corrected chi connectivity index (χ3v) is 2.94. The largest absolute Gasteiger partial charge is 0.416 e. The van der Waals surface area contributed by atoms with E-state index in [2.05, 4.69) is 16.9 Å². The number of benzene rings is 1. The fraction of sp³-hybridized carbons (Fsp3) is 0.267. The highest BCUT2D eigenvalue weighted by atomic mass is 19.4. The second-order valence-corrected chi connectivity index (χ2v) is 4.70. The molecule has 6 heteroatoms. The summed E-state index contributed by atoms with van der Waals surface area (Å²) in [5.74, 6) is 0.673. The minimum atomic E-state index is -4.30. The Balaban J connectivity index is 2.16. The van der Waals surface area contributed by atoms with Crippen LogP contribution in [0, 0.1) is 6.92 Å². The monoisotopic (exact) mass is 295 g/mol. The van der Waals surface area contributed by atoms with Crippen molar-refractivity contribution in [2.75, 3.05) is 11.9 Å². The Morgan fingerprint density at radius 1 is 1.29 bits per heavy atom. The van der Waals surface area contributed by atoms with Crippen LogP contribution in [0.5, 0.6) is 0 Å². The maximum Gasteiger partial charge on any atom is 0.416 e. The van der Waals surface area contributed by atoms with E-state index in [1.165, 1.54) is 12.1 Å². The van der Waals surface area contributed by atoms with E-state index in [9.17, 15) is 13.2 Å². The van der Waals surface area contributed by atoms with Gasteiger partial charge in [-0.25, -0.2) is 4.98 Å². The van der Waals surface area contributed by atoms with Gasteiger partial charge in [0.1, 0.15) is 0 Å². The number of alkyl halides is 3. The zero-order valence-corrected chi connectivity index (χ0v) is 11.6. The first-order chi connectivity index (χ1) is 9.90. The van der Waals surface area contributed by atoms with E-state index in [-0.39, 0.29) is 0 Å². The molecule has 0 unspecified atom stereocenters. The molecule has 0 atom stereocenters. The Morgan fingerprint density at radius 3 is 2.52 bits per heavy atom. The average molecular weight is 295 g/mol. The molecule has 0 radical (unpaired) electrons. The fourth-order valence-corrected chi connectivity index (χ4v) is 1.97. The predicted molar refractivity (Wildman–Crippen MR) is 76.2 cm³/mol. The highest BCUT2D eigenvalue weighted by Gasteiger charge is 2.29. The van der Waals surface area contributed by atoms with Crippen LogP contribution < -0.4 is 5.32 Å². The summed E-state index contributed by atoms with van der Waals surface area (Å²) in [6, 6.07) is 5.15. The van der Waals surface area contributed by atoms with Gasteiger partial charge in [-0.05, 0) is 24.6 Å². The molecule has 0 aliphatic rings. The van der Waals surface area contributed by atoms with E-state index in [1.54, 1.807) is 6.08 Å². The Morgan fingerprint density at radius 2 is 1.95 bits per heavy atom. The van der Waals surface area contributed by atoms with Gasteiger partial charge in [-0.15, -0.1) is 6.58 Å². The van der Waals surface area contributed by atoms with Gasteiger partial charge >= 0.3 is 6.18 Å². The molecule has 1 N–H and O–H groups in total. The molecule has 0 saturated heterocycles. The van der Waals surface area contributed by atoms with Crippen LogP contribution in [-0.4, -0.2) is 16.1 Å². The Kier molecular flexibility index (Phi) is 4.35. The van der Waals surface area contributed by atoms with Crippen molar-refractivity contribution in [1.29, 1.82) is 0 Å². The van der Waals surface area contributed by atoms with Gasteiger partial charge in [0.2, 0.25) is 5.95 Å². The summed E-state index contributed by atoms with van der Waals surface area (Å²) in [5.41, 5.74) is 0.980. The first-order valence-electron chi connectivity index (χ1n) is 6.45. The zero-order chi connectivity index (χ0) is 15.5. The molecule has 0 spiro atoms. The van der Waals surface area contributed by atoms with E-state index in [1.807, 2.05) is 17.7 Å². The smallest absolute Gasteiger partial charge is 0.352 e. The number of hydrogen-bond donors (Lipinski definition) is 1. The maximum atomic E-state index is 12.5. The van der Waals surface area contributed by atoms with Gasteiger partial charge in [-0.3, -0.25) is 0 Å². The molecule has 112 valence electrons. The summed E-state index contributed by atoms with van der Waals surface area (Å²) >= 11 is 0. The first kappa shape index (κ1) is 15.2. The second-order valence-electron chi connectivity index (χ2n) is 4.70. The summed E-state index contributed by atoms with van der Waals surface area (Å²) in [6.07, 6.45) is -0.740. The number of rotatable bonds is 5. The van der Waals surface area contributed by atoms with E-state index >= 15 is 0 Å². The van der Waals surface area contributed by atoms with Crippen LogP contribution in [0.4, 0.5) is 19.1 Å². The van der Waals surface area contributed by atoms with Gasteiger partial charge in [-0.1, -0.05) is 18.2 Å². The minimum Gasteiger partial charge on any atom is -0.352 e. The van der Waals surface area contributed by atoms with Gasteiger partial charge < -0.3 is 9.88 Å². The van der Waals surface area contributed by atoms with Crippen LogP contribution in [0.15, 0.2) is 43.1 Å². The number of halogens is 3. The molecule has 3 nitrogen and oxygen atoms in total. The second kappa shape index (κ2) is 6.03. The number of aromatic nitrogens is 2. The lowest BCUT2D eigenvalue weighted by atomic mass is 10.1. The molecule has 0 aliphatic heterocycles. The van der Waals surface area contributed by atoms with Crippen molar-refractivity contribution in [2.24, 2.45) is 0 Å². The van der Waals surface area contributed by atoms with E-state index in [0.29, 0.717) is 19.0 Å². The third kappa shape index (κ3) is 3.87. The summed E-state index contributed by atoms with van der Waals surface area (Å²) in [5, 5.41) is 3.09. The number of imidazole rings is 1. The van der Waals surface area contributed by atoms with Gasteiger partial charge in [0.25, 0.3) is 0 Å². The van der Waals surface area contributed by atoms with Gasteiger partial charge in [0.15, 0.2) is 0 Å². The van der Waals surface area contributed by atoms with E-state index < -0.39 is 11.7 Å². The molecule has 2 aromatic rings. The minimum absolute atomic E-state index is 0.457. The Bertz CT molecular complexity index is 612. The van der Waals surface area contributed by atoms with Crippen LogP contribution in [0.1, 0.15) is 16.8 Å². The van der Waals surface area contributed by atoms with Gasteiger partial charge in [-0.2, -0.15) is 13.2 Å². The van der Waals surface area contributed by atoms with Crippen molar-refractivity contribution < 1.29 is 13.2 Å². The summed E-state index contributed by atoms with van der Waals surface area (Å²) in [6.45, 7) is 6.52. The van der Waals surface area contributed by atoms with Crippen LogP contribution in [0.25, 0.3) is 0 Å². The zero-order valence-electron chi connectivity index (χ0n) is 11.6. The van der Waals surface area contributed by atoms with Crippen molar-refractivity contribution in [2.45, 2.75) is 19.6 Å². The first-order valence-corrected chi connectivity index (χ1v) is 6.45. The number of nitrogens with one attached hydrogen (secondary N) is 1. The molecule has 1 heterocycles. The van der Waals surface area contributed by atoms with Crippen LogP contribution >= 0.6 is 0 Å². The molecule has 0 fully saturated rings. The van der Waals surface area contributed by atoms with Crippen molar-refractivity contribution in [3.8, 4) is 0 Å². The highest BCUT2D eigenvalue weighted by molar-refractivity contribution is 5.32. The van der Waals surface area contributed by atoms with Crippen LogP contribution in [0.3, 0.4) is 0 Å². The predicted octanol–water partition coefficient (Wildman–Crippen LogP) is 3.86. The quantitative estimate of drug-likeness (QED) is 0.849. The van der Waals surface area contributed by atoms with Crippen molar-refractivity contribution in [3.63, 3.8) is 0 Å². The normalized spacial score (nSPS) is 11.4. The molecular formula is C15H16F3N3. The Hall–Kier alpha value is -2.24. The molecule has 1 aromatic heterocycles. The molecule has 21 heavy (non-hydrogen) atoms. The average Bonchev–Trinajstić information content (AvgIpc) is 2.76. The third-order valence-electron chi connectivity index (χ3n) is 2.94. The molecule has 0 amide bonds. The maximum absolute atomic E-state index is 12.5. The van der Waals surface area contributed by atoms with E-state index in [0.717, 1.165) is 23.4 Å². The van der Waals surface area contributed by atoms with E-state index in [4.69, 9.17) is 0 Å². The molecule has 0 aliphatic carbocycles. The molecule has 0 saturated carbocycles. The van der Waals surface area contributed by atoms with Crippen molar-refractivity contribution in [1.82, 2.24) is 9.55 Å². The molecular weight excluding hydrogens is 279 g/mol. The number of hydrogen-bond acceptors (Lipinski definition) is 2. The number of nitrogens with zero attached hydrogens (tertiary/aromatic N) is 2. The lowest BCUT2D eigenvalue weighted by Crippen LogP contribution is -2.08. The summed E-state index contributed by atoms with van der Waals surface area (Å²) in [7, 11) is 0. The number of anilines is 1. The molecule has 0 bridgehead atoms. The molecule has 1 aromatic carbocycles. The van der Waals surface area contributed by atoms with Gasteiger partial charge in [0, 0.05) is 12.7 Å². The SMILES string of the molecule is C=CCNc1nc(C)cn1Cc1ccc(C(F)(F)F)cc1. The van der Waals surface area contributed by atoms with Crippen LogP contribution in [-0.2, 0) is 12.7 Å². The fourth-order valence-electron chi connectivity index (χ4n) is 1.97. The molecule has 2 rings (SSSR count). The highest BCUT2D eigenvalue weighted by Crippen LogP contribution is 2.29. The summed E-state index contributed by atoms with van der Waals surface area (Å²) in [4.78, 5) is 4.33. The summed E-state index contributed by atoms with van der Waals surface area (Å²) < 4.78 is 39.4. The lowest BCUT2D eigenvalue weighted by molar-refractivity contribution is -0.137. The van der Waals surface area contributed by atoms with Gasteiger partial charge in [0.05, 0.1) is 17.8 Å². The Labute approximate surface area is 121 Å². The lowest BCUT2D eigenvalue weighted by Gasteiger charge is -2.10. The standard InChI is InChI=1S/C15H16F3N3/c1-3-8-19-14-20-11(2)9-21(14)10-12-4-6-13(7-5-12)15(16,17)18/h3-7,9H,1,8,10H2,2H3,(H,19,20). The topological polar surface area (TPSA) is 29.9 Å².